The van der Waals surface area contributed by atoms with Gasteiger partial charge < -0.3 is 15.4 Å². The van der Waals surface area contributed by atoms with Gasteiger partial charge in [0.25, 0.3) is 11.8 Å². The molecule has 1 fully saturated rings. The molecule has 1 aliphatic heterocycles. The molecule has 0 bridgehead atoms. The molecule has 3 rings (SSSR count). The van der Waals surface area contributed by atoms with Gasteiger partial charge in [0.2, 0.25) is 0 Å². The van der Waals surface area contributed by atoms with Gasteiger partial charge in [-0.25, -0.2) is 4.79 Å². The second-order valence-corrected chi connectivity index (χ2v) is 7.34. The number of nitrogens with zero attached hydrogens (tertiary/aromatic N) is 1. The quantitative estimate of drug-likeness (QED) is 0.562. The van der Waals surface area contributed by atoms with Crippen molar-refractivity contribution in [3.63, 3.8) is 0 Å². The van der Waals surface area contributed by atoms with E-state index in [2.05, 4.69) is 10.6 Å². The minimum atomic E-state index is -1.26. The third-order valence-electron chi connectivity index (χ3n) is 4.93. The molecule has 30 heavy (non-hydrogen) atoms. The van der Waals surface area contributed by atoms with E-state index in [0.29, 0.717) is 11.3 Å². The predicted octanol–water partition coefficient (Wildman–Crippen LogP) is 2.25. The van der Waals surface area contributed by atoms with E-state index >= 15 is 0 Å². The maximum atomic E-state index is 12.8. The molecular weight excluding hydrogens is 386 g/mol. The van der Waals surface area contributed by atoms with Crippen LogP contribution in [-0.2, 0) is 24.7 Å². The maximum absolute atomic E-state index is 12.8. The molecule has 2 N–H and O–H groups in total. The van der Waals surface area contributed by atoms with E-state index in [-0.39, 0.29) is 0 Å². The number of aryl methyl sites for hydroxylation is 2. The highest BCUT2D eigenvalue weighted by Crippen LogP contribution is 2.28. The fourth-order valence-corrected chi connectivity index (χ4v) is 3.27. The number of anilines is 1. The summed E-state index contributed by atoms with van der Waals surface area (Å²) in [5, 5.41) is 5.27. The van der Waals surface area contributed by atoms with Crippen LogP contribution in [0.4, 0.5) is 10.5 Å². The van der Waals surface area contributed by atoms with Gasteiger partial charge in [-0.05, 0) is 38.0 Å². The van der Waals surface area contributed by atoms with Crippen molar-refractivity contribution >= 4 is 29.5 Å². The zero-order chi connectivity index (χ0) is 21.9. The number of hydrogen-bond acceptors (Lipinski definition) is 5. The summed E-state index contributed by atoms with van der Waals surface area (Å²) in [4.78, 5) is 50.0. The van der Waals surface area contributed by atoms with E-state index in [1.54, 1.807) is 43.3 Å². The van der Waals surface area contributed by atoms with Crippen LogP contribution in [0.3, 0.4) is 0 Å². The van der Waals surface area contributed by atoms with Gasteiger partial charge in [0, 0.05) is 5.69 Å². The van der Waals surface area contributed by atoms with Gasteiger partial charge in [-0.2, -0.15) is 0 Å². The Bertz CT molecular complexity index is 1010. The molecule has 4 amide bonds. The third-order valence-corrected chi connectivity index (χ3v) is 4.93. The lowest BCUT2D eigenvalue weighted by atomic mass is 9.92. The monoisotopic (exact) mass is 409 g/mol. The smallest absolute Gasteiger partial charge is 0.326 e. The number of carbonyl (C=O) groups is 4. The Labute approximate surface area is 174 Å². The first-order chi connectivity index (χ1) is 14.2. The molecule has 0 aliphatic carbocycles. The number of urea groups is 1. The SMILES string of the molecule is Cc1ccc(NC(=O)COC(=O)CN2C(=O)N[C@](C)(c3ccccc3)C2=O)c(C)c1. The lowest BCUT2D eigenvalue weighted by molar-refractivity contribution is -0.150. The van der Waals surface area contributed by atoms with Gasteiger partial charge >= 0.3 is 12.0 Å². The number of carbonyl (C=O) groups excluding carboxylic acids is 4. The van der Waals surface area contributed by atoms with Gasteiger partial charge in [-0.1, -0.05) is 48.0 Å². The summed E-state index contributed by atoms with van der Waals surface area (Å²) in [6.45, 7) is 4.27. The predicted molar refractivity (Wildman–Crippen MR) is 110 cm³/mol. The summed E-state index contributed by atoms with van der Waals surface area (Å²) in [7, 11) is 0. The van der Waals surface area contributed by atoms with Crippen molar-refractivity contribution in [2.45, 2.75) is 26.3 Å². The zero-order valence-electron chi connectivity index (χ0n) is 17.0. The maximum Gasteiger partial charge on any atom is 0.326 e. The highest BCUT2D eigenvalue weighted by atomic mass is 16.5. The standard InChI is InChI=1S/C22H23N3O5/c1-14-9-10-17(15(2)11-14)23-18(26)13-30-19(27)12-25-20(28)22(3,24-21(25)29)16-7-5-4-6-8-16/h4-11H,12-13H2,1-3H3,(H,23,26)(H,24,29)/t22-/m1/s1. The molecule has 156 valence electrons. The number of esters is 1. The second-order valence-electron chi connectivity index (χ2n) is 7.34. The van der Waals surface area contributed by atoms with Crippen molar-refractivity contribution in [3.05, 3.63) is 65.2 Å². The Morgan fingerprint density at radius 3 is 2.47 bits per heavy atom. The third kappa shape index (κ3) is 4.32. The Kier molecular flexibility index (Phi) is 5.86. The van der Waals surface area contributed by atoms with Crippen LogP contribution in [0.25, 0.3) is 0 Å². The molecule has 1 heterocycles. The van der Waals surface area contributed by atoms with Crippen molar-refractivity contribution in [1.82, 2.24) is 10.2 Å². The molecule has 1 aliphatic rings. The second kappa shape index (κ2) is 8.36. The molecule has 2 aromatic rings. The summed E-state index contributed by atoms with van der Waals surface area (Å²) >= 11 is 0. The fraction of sp³-hybridized carbons (Fsp3) is 0.273. The van der Waals surface area contributed by atoms with Gasteiger partial charge in [-0.15, -0.1) is 0 Å². The van der Waals surface area contributed by atoms with Crippen molar-refractivity contribution in [1.29, 1.82) is 0 Å². The lowest BCUT2D eigenvalue weighted by Crippen LogP contribution is -2.41. The Morgan fingerprint density at radius 2 is 1.80 bits per heavy atom. The molecule has 0 spiro atoms. The average Bonchev–Trinajstić information content (AvgIpc) is 2.93. The number of amides is 4. The normalized spacial score (nSPS) is 18.2. The van der Waals surface area contributed by atoms with Crippen molar-refractivity contribution in [2.75, 3.05) is 18.5 Å². The number of nitrogens with one attached hydrogen (secondary N) is 2. The first-order valence-corrected chi connectivity index (χ1v) is 9.43. The Morgan fingerprint density at radius 1 is 1.10 bits per heavy atom. The highest BCUT2D eigenvalue weighted by molar-refractivity contribution is 6.09. The van der Waals surface area contributed by atoms with E-state index in [9.17, 15) is 19.2 Å². The Balaban J connectivity index is 1.56. The molecular formula is C22H23N3O5. The van der Waals surface area contributed by atoms with Crippen LogP contribution in [0.15, 0.2) is 48.5 Å². The van der Waals surface area contributed by atoms with Crippen LogP contribution >= 0.6 is 0 Å². The number of ether oxygens (including phenoxy) is 1. The van der Waals surface area contributed by atoms with E-state index < -0.39 is 42.5 Å². The highest BCUT2D eigenvalue weighted by Gasteiger charge is 2.49. The number of hydrogen-bond donors (Lipinski definition) is 2. The van der Waals surface area contributed by atoms with Crippen LogP contribution in [0.2, 0.25) is 0 Å². The largest absolute Gasteiger partial charge is 0.454 e. The van der Waals surface area contributed by atoms with Crippen LogP contribution in [-0.4, -0.2) is 41.9 Å². The van der Waals surface area contributed by atoms with Crippen molar-refractivity contribution in [3.8, 4) is 0 Å². The summed E-state index contributed by atoms with van der Waals surface area (Å²) in [6, 6.07) is 13.6. The van der Waals surface area contributed by atoms with E-state index in [1.165, 1.54) is 0 Å². The summed E-state index contributed by atoms with van der Waals surface area (Å²) in [5.41, 5.74) is 1.91. The van der Waals surface area contributed by atoms with Crippen LogP contribution in [0.1, 0.15) is 23.6 Å². The van der Waals surface area contributed by atoms with E-state index in [0.717, 1.165) is 16.0 Å². The molecule has 8 nitrogen and oxygen atoms in total. The summed E-state index contributed by atoms with van der Waals surface area (Å²) < 4.78 is 4.95. The minimum absolute atomic E-state index is 0.512. The summed E-state index contributed by atoms with van der Waals surface area (Å²) in [6.07, 6.45) is 0. The van der Waals surface area contributed by atoms with Crippen molar-refractivity contribution < 1.29 is 23.9 Å². The molecule has 0 radical (unpaired) electrons. The average molecular weight is 409 g/mol. The molecule has 0 saturated carbocycles. The van der Waals surface area contributed by atoms with Gasteiger partial charge in [-0.3, -0.25) is 19.3 Å². The molecule has 8 heteroatoms. The molecule has 1 saturated heterocycles. The zero-order valence-corrected chi connectivity index (χ0v) is 17.0. The van der Waals surface area contributed by atoms with Crippen LogP contribution in [0, 0.1) is 13.8 Å². The van der Waals surface area contributed by atoms with E-state index in [4.69, 9.17) is 4.74 Å². The summed E-state index contributed by atoms with van der Waals surface area (Å²) in [5.74, 6) is -1.93. The number of rotatable bonds is 6. The first-order valence-electron chi connectivity index (χ1n) is 9.43. The lowest BCUT2D eigenvalue weighted by Gasteiger charge is -2.21. The van der Waals surface area contributed by atoms with Crippen LogP contribution in [0.5, 0.6) is 0 Å². The van der Waals surface area contributed by atoms with E-state index in [1.807, 2.05) is 26.0 Å². The molecule has 0 unspecified atom stereocenters. The van der Waals surface area contributed by atoms with Crippen molar-refractivity contribution in [2.24, 2.45) is 0 Å². The fourth-order valence-electron chi connectivity index (χ4n) is 3.27. The number of benzene rings is 2. The Hall–Kier alpha value is -3.68. The first kappa shape index (κ1) is 21.0. The molecule has 1 atom stereocenters. The molecule has 0 aromatic heterocycles. The molecule has 2 aromatic carbocycles. The van der Waals surface area contributed by atoms with Gasteiger partial charge in [0.15, 0.2) is 6.61 Å². The topological polar surface area (TPSA) is 105 Å². The minimum Gasteiger partial charge on any atom is -0.454 e. The van der Waals surface area contributed by atoms with Gasteiger partial charge in [0.1, 0.15) is 12.1 Å². The van der Waals surface area contributed by atoms with Gasteiger partial charge in [0.05, 0.1) is 0 Å². The number of imide groups is 1. The van der Waals surface area contributed by atoms with Crippen LogP contribution < -0.4 is 10.6 Å².